The molecule has 2 N–H and O–H groups in total. The number of aromatic amines is 1. The maximum absolute atomic E-state index is 12.2. The van der Waals surface area contributed by atoms with E-state index < -0.39 is 11.7 Å². The zero-order valence-corrected chi connectivity index (χ0v) is 13.3. The first kappa shape index (κ1) is 15.7. The van der Waals surface area contributed by atoms with Crippen LogP contribution in [0.4, 0.5) is 4.79 Å². The summed E-state index contributed by atoms with van der Waals surface area (Å²) < 4.78 is 5.18. The average Bonchev–Trinajstić information content (AvgIpc) is 2.90. The molecule has 1 heterocycles. The van der Waals surface area contributed by atoms with Crippen molar-refractivity contribution in [1.29, 1.82) is 0 Å². The SMILES string of the molecule is COc1cccc2c(=O)n(OC(=O)NCc3ccccc3C)[nH]c12. The van der Waals surface area contributed by atoms with E-state index in [9.17, 15) is 9.59 Å². The van der Waals surface area contributed by atoms with Crippen molar-refractivity contribution in [3.8, 4) is 5.75 Å². The summed E-state index contributed by atoms with van der Waals surface area (Å²) in [5.41, 5.74) is 2.04. The fourth-order valence-electron chi connectivity index (χ4n) is 2.41. The van der Waals surface area contributed by atoms with Gasteiger partial charge in [0.2, 0.25) is 0 Å². The highest BCUT2D eigenvalue weighted by Gasteiger charge is 2.14. The van der Waals surface area contributed by atoms with E-state index in [1.165, 1.54) is 7.11 Å². The summed E-state index contributed by atoms with van der Waals surface area (Å²) >= 11 is 0. The lowest BCUT2D eigenvalue weighted by Gasteiger charge is -2.07. The van der Waals surface area contributed by atoms with E-state index in [0.717, 1.165) is 16.0 Å². The van der Waals surface area contributed by atoms with E-state index >= 15 is 0 Å². The Hall–Kier alpha value is -3.22. The van der Waals surface area contributed by atoms with Gasteiger partial charge in [0.05, 0.1) is 12.5 Å². The number of ether oxygens (including phenoxy) is 1. The van der Waals surface area contributed by atoms with Gasteiger partial charge in [-0.25, -0.2) is 4.79 Å². The van der Waals surface area contributed by atoms with E-state index in [0.29, 0.717) is 23.2 Å². The predicted octanol–water partition coefficient (Wildman–Crippen LogP) is 1.99. The van der Waals surface area contributed by atoms with Gasteiger partial charge in [-0.3, -0.25) is 14.7 Å². The molecule has 124 valence electrons. The van der Waals surface area contributed by atoms with Gasteiger partial charge in [-0.1, -0.05) is 35.2 Å². The van der Waals surface area contributed by atoms with Gasteiger partial charge in [0.25, 0.3) is 0 Å². The molecule has 3 rings (SSSR count). The Kier molecular flexibility index (Phi) is 4.24. The molecular formula is C17H17N3O4. The van der Waals surface area contributed by atoms with Crippen molar-refractivity contribution in [2.45, 2.75) is 13.5 Å². The Morgan fingerprint density at radius 2 is 2.00 bits per heavy atom. The molecule has 0 spiro atoms. The number of hydrogen-bond donors (Lipinski definition) is 2. The number of fused-ring (bicyclic) bond motifs is 1. The number of carbonyl (C=O) groups excluding carboxylic acids is 1. The van der Waals surface area contributed by atoms with Crippen LogP contribution in [0.1, 0.15) is 11.1 Å². The monoisotopic (exact) mass is 327 g/mol. The fraction of sp³-hybridized carbons (Fsp3) is 0.176. The molecule has 3 aromatic rings. The first-order chi connectivity index (χ1) is 11.6. The molecular weight excluding hydrogens is 310 g/mol. The molecule has 0 aliphatic heterocycles. The van der Waals surface area contributed by atoms with Crippen molar-refractivity contribution >= 4 is 17.0 Å². The second-order valence-electron chi connectivity index (χ2n) is 5.25. The third kappa shape index (κ3) is 2.96. The molecule has 0 fully saturated rings. The summed E-state index contributed by atoms with van der Waals surface area (Å²) in [7, 11) is 1.50. The normalized spacial score (nSPS) is 10.6. The van der Waals surface area contributed by atoms with Crippen LogP contribution in [0.2, 0.25) is 0 Å². The molecule has 0 aliphatic carbocycles. The Balaban J connectivity index is 1.75. The van der Waals surface area contributed by atoms with Crippen LogP contribution >= 0.6 is 0 Å². The molecule has 0 bridgehead atoms. The Labute approximate surface area is 137 Å². The van der Waals surface area contributed by atoms with E-state index in [-0.39, 0.29) is 0 Å². The Morgan fingerprint density at radius 3 is 2.75 bits per heavy atom. The molecule has 0 saturated carbocycles. The van der Waals surface area contributed by atoms with E-state index in [1.54, 1.807) is 18.2 Å². The molecule has 2 aromatic carbocycles. The number of hydrogen-bond acceptors (Lipinski definition) is 4. The van der Waals surface area contributed by atoms with Crippen LogP contribution in [0.25, 0.3) is 10.9 Å². The van der Waals surface area contributed by atoms with Crippen molar-refractivity contribution in [2.24, 2.45) is 0 Å². The third-order valence-corrected chi connectivity index (χ3v) is 3.73. The smallest absolute Gasteiger partial charge is 0.433 e. The summed E-state index contributed by atoms with van der Waals surface area (Å²) in [6.45, 7) is 2.26. The predicted molar refractivity (Wildman–Crippen MR) is 89.1 cm³/mol. The van der Waals surface area contributed by atoms with Gasteiger partial charge < -0.3 is 10.1 Å². The minimum absolute atomic E-state index is 0.309. The molecule has 0 radical (unpaired) electrons. The molecule has 0 saturated heterocycles. The minimum Gasteiger partial charge on any atom is -0.494 e. The average molecular weight is 327 g/mol. The van der Waals surface area contributed by atoms with Crippen molar-refractivity contribution in [3.63, 3.8) is 0 Å². The van der Waals surface area contributed by atoms with E-state index in [1.807, 2.05) is 31.2 Å². The van der Waals surface area contributed by atoms with Crippen molar-refractivity contribution in [1.82, 2.24) is 15.3 Å². The van der Waals surface area contributed by atoms with Crippen molar-refractivity contribution in [2.75, 3.05) is 7.11 Å². The molecule has 1 aromatic heterocycles. The van der Waals surface area contributed by atoms with Gasteiger partial charge in [0.15, 0.2) is 0 Å². The number of rotatable bonds is 4. The lowest BCUT2D eigenvalue weighted by Crippen LogP contribution is -2.36. The van der Waals surface area contributed by atoms with Crippen LogP contribution in [0.5, 0.6) is 5.75 Å². The lowest BCUT2D eigenvalue weighted by molar-refractivity contribution is 0.112. The van der Waals surface area contributed by atoms with Crippen molar-refractivity contribution < 1.29 is 14.4 Å². The first-order valence-corrected chi connectivity index (χ1v) is 7.38. The topological polar surface area (TPSA) is 85.3 Å². The second kappa shape index (κ2) is 6.49. The van der Waals surface area contributed by atoms with Gasteiger partial charge >= 0.3 is 11.7 Å². The van der Waals surface area contributed by atoms with Crippen LogP contribution in [-0.2, 0) is 6.54 Å². The fourth-order valence-corrected chi connectivity index (χ4v) is 2.41. The maximum Gasteiger partial charge on any atom is 0.433 e. The summed E-state index contributed by atoms with van der Waals surface area (Å²) in [5, 5.41) is 5.71. The molecule has 0 aliphatic rings. The molecule has 0 unspecified atom stereocenters. The largest absolute Gasteiger partial charge is 0.494 e. The number of benzene rings is 2. The van der Waals surface area contributed by atoms with Crippen LogP contribution < -0.4 is 20.5 Å². The Morgan fingerprint density at radius 1 is 1.21 bits per heavy atom. The number of aryl methyl sites for hydroxylation is 1. The van der Waals surface area contributed by atoms with Gasteiger partial charge in [-0.15, -0.1) is 0 Å². The van der Waals surface area contributed by atoms with Crippen LogP contribution in [-0.4, -0.2) is 23.1 Å². The first-order valence-electron chi connectivity index (χ1n) is 7.38. The van der Waals surface area contributed by atoms with Crippen LogP contribution in [0.3, 0.4) is 0 Å². The number of methoxy groups -OCH3 is 1. The molecule has 24 heavy (non-hydrogen) atoms. The highest BCUT2D eigenvalue weighted by Crippen LogP contribution is 2.20. The number of H-pyrrole nitrogens is 1. The highest BCUT2D eigenvalue weighted by atomic mass is 16.7. The van der Waals surface area contributed by atoms with Crippen molar-refractivity contribution in [3.05, 3.63) is 63.9 Å². The number of nitrogens with zero attached hydrogens (tertiary/aromatic N) is 1. The summed E-state index contributed by atoms with van der Waals surface area (Å²) in [5.74, 6) is 0.493. The minimum atomic E-state index is -0.731. The number of para-hydroxylation sites is 1. The molecule has 0 atom stereocenters. The number of carbonyl (C=O) groups is 1. The van der Waals surface area contributed by atoms with E-state index in [4.69, 9.17) is 9.57 Å². The van der Waals surface area contributed by atoms with Gasteiger partial charge in [-0.05, 0) is 30.2 Å². The Bertz CT molecular complexity index is 942. The standard InChI is InChI=1S/C17H17N3O4/c1-11-6-3-4-7-12(11)10-18-17(22)24-20-16(21)13-8-5-9-14(23-2)15(13)19-20/h3-9,19H,10H2,1-2H3,(H,18,22). The van der Waals surface area contributed by atoms with Gasteiger partial charge in [0, 0.05) is 6.54 Å². The zero-order chi connectivity index (χ0) is 17.1. The van der Waals surface area contributed by atoms with Crippen LogP contribution in [0.15, 0.2) is 47.3 Å². The second-order valence-corrected chi connectivity index (χ2v) is 5.25. The lowest BCUT2D eigenvalue weighted by atomic mass is 10.1. The summed E-state index contributed by atoms with van der Waals surface area (Å²) in [6, 6.07) is 12.7. The highest BCUT2D eigenvalue weighted by molar-refractivity contribution is 5.84. The van der Waals surface area contributed by atoms with Crippen LogP contribution in [0, 0.1) is 6.92 Å². The number of amides is 1. The third-order valence-electron chi connectivity index (χ3n) is 3.73. The molecule has 7 heteroatoms. The molecule has 1 amide bonds. The van der Waals surface area contributed by atoms with Gasteiger partial charge in [0.1, 0.15) is 11.3 Å². The summed E-state index contributed by atoms with van der Waals surface area (Å²) in [6.07, 6.45) is -0.731. The number of nitrogens with one attached hydrogen (secondary N) is 2. The van der Waals surface area contributed by atoms with Gasteiger partial charge in [-0.2, -0.15) is 0 Å². The van der Waals surface area contributed by atoms with E-state index in [2.05, 4.69) is 10.4 Å². The quantitative estimate of drug-likeness (QED) is 0.767. The zero-order valence-electron chi connectivity index (χ0n) is 13.3. The molecule has 7 nitrogen and oxygen atoms in total. The number of aromatic nitrogens is 2. The summed E-state index contributed by atoms with van der Waals surface area (Å²) in [4.78, 5) is 30.0. The maximum atomic E-state index is 12.2.